The number of hydrogen-bond donors (Lipinski definition) is 1. The van der Waals surface area contributed by atoms with Crippen LogP contribution >= 0.6 is 0 Å². The van der Waals surface area contributed by atoms with Crippen molar-refractivity contribution in [3.8, 4) is 28.6 Å². The van der Waals surface area contributed by atoms with Gasteiger partial charge in [-0.25, -0.2) is 18.4 Å². The van der Waals surface area contributed by atoms with E-state index in [-0.39, 0.29) is 19.2 Å². The number of ether oxygens (including phenoxy) is 4. The predicted octanol–water partition coefficient (Wildman–Crippen LogP) is 2.27. The molecular formula is C22H28N6O6S. The van der Waals surface area contributed by atoms with Gasteiger partial charge in [0.15, 0.2) is 23.1 Å². The van der Waals surface area contributed by atoms with E-state index < -0.39 is 27.2 Å². The van der Waals surface area contributed by atoms with Crippen LogP contribution < -0.4 is 18.9 Å². The highest BCUT2D eigenvalue weighted by atomic mass is 32.2. The molecule has 0 fully saturated rings. The molecule has 0 saturated carbocycles. The van der Waals surface area contributed by atoms with Gasteiger partial charge in [-0.15, -0.1) is 10.2 Å². The van der Waals surface area contributed by atoms with Crippen molar-refractivity contribution < 1.29 is 27.4 Å². The van der Waals surface area contributed by atoms with Crippen molar-refractivity contribution in [3.05, 3.63) is 36.4 Å². The minimum atomic E-state index is -3.91. The first kappa shape index (κ1) is 24.7. The Kier molecular flexibility index (Phi) is 7.08. The van der Waals surface area contributed by atoms with Crippen LogP contribution in [-0.4, -0.2) is 72.9 Å². The minimum absolute atomic E-state index is 0.0658. The van der Waals surface area contributed by atoms with Crippen LogP contribution in [0.4, 0.5) is 5.95 Å². The van der Waals surface area contributed by atoms with Gasteiger partial charge in [0, 0.05) is 13.0 Å². The summed E-state index contributed by atoms with van der Waals surface area (Å²) in [5.74, 6) is 1.92. The van der Waals surface area contributed by atoms with Crippen LogP contribution in [0.5, 0.6) is 17.2 Å². The molecule has 1 N–H and O–H groups in total. The van der Waals surface area contributed by atoms with Crippen LogP contribution in [-0.2, 0) is 14.8 Å². The Morgan fingerprint density at radius 2 is 1.89 bits per heavy atom. The summed E-state index contributed by atoms with van der Waals surface area (Å²) >= 11 is 0. The first-order chi connectivity index (χ1) is 16.8. The lowest BCUT2D eigenvalue weighted by atomic mass is 10.1. The molecule has 0 amide bonds. The van der Waals surface area contributed by atoms with Gasteiger partial charge in [-0.1, -0.05) is 13.0 Å². The predicted molar refractivity (Wildman–Crippen MR) is 127 cm³/mol. The van der Waals surface area contributed by atoms with Crippen molar-refractivity contribution in [1.29, 1.82) is 0 Å². The largest absolute Gasteiger partial charge is 0.494 e. The zero-order valence-electron chi connectivity index (χ0n) is 20.1. The monoisotopic (exact) mass is 504 g/mol. The van der Waals surface area contributed by atoms with E-state index in [1.165, 1.54) is 19.5 Å². The topological polar surface area (TPSA) is 140 Å². The third-order valence-electron chi connectivity index (χ3n) is 6.00. The summed E-state index contributed by atoms with van der Waals surface area (Å²) in [6.07, 6.45) is 3.01. The first-order valence-electron chi connectivity index (χ1n) is 10.9. The zero-order valence-corrected chi connectivity index (χ0v) is 20.9. The van der Waals surface area contributed by atoms with Gasteiger partial charge in [0.25, 0.3) is 0 Å². The lowest BCUT2D eigenvalue weighted by Gasteiger charge is -2.22. The molecule has 1 aliphatic rings. The maximum Gasteiger partial charge on any atom is 0.239 e. The molecule has 0 spiro atoms. The van der Waals surface area contributed by atoms with Crippen LogP contribution in [0.15, 0.2) is 30.6 Å². The second kappa shape index (κ2) is 10.0. The molecule has 1 aromatic carbocycles. The normalized spacial score (nSPS) is 16.8. The van der Waals surface area contributed by atoms with Gasteiger partial charge in [-0.05, 0) is 19.1 Å². The van der Waals surface area contributed by atoms with Crippen molar-refractivity contribution in [2.45, 2.75) is 31.1 Å². The van der Waals surface area contributed by atoms with Crippen molar-refractivity contribution >= 4 is 16.0 Å². The standard InChI is InChI=1S/C22H28N6O6S/c1-13(20-23-9-16(32-4)10-24-20)14(2)35(29,30)27-22-26-25-21-17-7-6-8-18(33-5)19(17)34-12-15(11-31-3)28(21)22/h6-10,13-15H,11-12H2,1-5H3,(H,26,27)/t13?,14?,15-/m1/s1. The molecule has 13 heteroatoms. The van der Waals surface area contributed by atoms with Crippen LogP contribution in [0, 0.1) is 0 Å². The fourth-order valence-electron chi connectivity index (χ4n) is 3.83. The average molecular weight is 505 g/mol. The van der Waals surface area contributed by atoms with Crippen molar-refractivity contribution in [1.82, 2.24) is 24.7 Å². The van der Waals surface area contributed by atoms with Gasteiger partial charge in [-0.2, -0.15) is 0 Å². The second-order valence-corrected chi connectivity index (χ2v) is 10.1. The number of aromatic nitrogens is 5. The molecule has 0 radical (unpaired) electrons. The van der Waals surface area contributed by atoms with Crippen LogP contribution in [0.3, 0.4) is 0 Å². The Bertz CT molecular complexity index is 1280. The van der Waals surface area contributed by atoms with E-state index in [4.69, 9.17) is 18.9 Å². The average Bonchev–Trinajstić information content (AvgIpc) is 3.20. The smallest absolute Gasteiger partial charge is 0.239 e. The Morgan fingerprint density at radius 1 is 1.14 bits per heavy atom. The molecule has 0 aliphatic carbocycles. The molecule has 2 aromatic heterocycles. The summed E-state index contributed by atoms with van der Waals surface area (Å²) in [5.41, 5.74) is 0.633. The highest BCUT2D eigenvalue weighted by Gasteiger charge is 2.34. The number of nitrogens with one attached hydrogen (secondary N) is 1. The van der Waals surface area contributed by atoms with E-state index in [9.17, 15) is 8.42 Å². The number of fused-ring (bicyclic) bond motifs is 3. The maximum absolute atomic E-state index is 13.4. The molecule has 2 unspecified atom stereocenters. The van der Waals surface area contributed by atoms with Crippen molar-refractivity contribution in [2.24, 2.45) is 0 Å². The molecule has 3 heterocycles. The van der Waals surface area contributed by atoms with Gasteiger partial charge in [0.1, 0.15) is 12.4 Å². The number of rotatable bonds is 9. The summed E-state index contributed by atoms with van der Waals surface area (Å²) in [6.45, 7) is 3.80. The number of anilines is 1. The van der Waals surface area contributed by atoms with Gasteiger partial charge in [0.05, 0.1) is 50.1 Å². The number of sulfonamides is 1. The van der Waals surface area contributed by atoms with Gasteiger partial charge >= 0.3 is 0 Å². The highest BCUT2D eigenvalue weighted by molar-refractivity contribution is 7.93. The molecular weight excluding hydrogens is 476 g/mol. The first-order valence-corrected chi connectivity index (χ1v) is 12.5. The summed E-state index contributed by atoms with van der Waals surface area (Å²) in [5, 5.41) is 7.58. The van der Waals surface area contributed by atoms with Gasteiger partial charge in [-0.3, -0.25) is 9.29 Å². The van der Waals surface area contributed by atoms with E-state index in [0.717, 1.165) is 0 Å². The van der Waals surface area contributed by atoms with Crippen molar-refractivity contribution in [3.63, 3.8) is 0 Å². The molecule has 0 bridgehead atoms. The van der Waals surface area contributed by atoms with E-state index in [1.54, 1.807) is 44.8 Å². The molecule has 188 valence electrons. The lowest BCUT2D eigenvalue weighted by Crippen LogP contribution is -2.32. The van der Waals surface area contributed by atoms with Gasteiger partial charge < -0.3 is 18.9 Å². The Labute approximate surface area is 203 Å². The fraction of sp³-hybridized carbons (Fsp3) is 0.455. The lowest BCUT2D eigenvalue weighted by molar-refractivity contribution is 0.125. The Balaban J connectivity index is 1.68. The van der Waals surface area contributed by atoms with E-state index in [0.29, 0.717) is 34.5 Å². The number of hydrogen-bond acceptors (Lipinski definition) is 10. The molecule has 35 heavy (non-hydrogen) atoms. The maximum atomic E-state index is 13.4. The third kappa shape index (κ3) is 4.73. The zero-order chi connectivity index (χ0) is 25.2. The Hall–Kier alpha value is -3.45. The van der Waals surface area contributed by atoms with E-state index >= 15 is 0 Å². The van der Waals surface area contributed by atoms with Crippen molar-refractivity contribution in [2.75, 3.05) is 39.3 Å². The van der Waals surface area contributed by atoms with E-state index in [1.807, 2.05) is 6.07 Å². The number of para-hydroxylation sites is 1. The molecule has 0 saturated heterocycles. The summed E-state index contributed by atoms with van der Waals surface area (Å²) in [4.78, 5) is 8.47. The van der Waals surface area contributed by atoms with Crippen LogP contribution in [0.1, 0.15) is 31.6 Å². The van der Waals surface area contributed by atoms with Gasteiger partial charge in [0.2, 0.25) is 16.0 Å². The summed E-state index contributed by atoms with van der Waals surface area (Å²) < 4.78 is 52.9. The quantitative estimate of drug-likeness (QED) is 0.461. The number of nitrogens with zero attached hydrogens (tertiary/aromatic N) is 5. The molecule has 4 rings (SSSR count). The highest BCUT2D eigenvalue weighted by Crippen LogP contribution is 2.41. The fourth-order valence-corrected chi connectivity index (χ4v) is 5.07. The number of benzene rings is 1. The summed E-state index contributed by atoms with van der Waals surface area (Å²) in [6, 6.07) is 5.01. The minimum Gasteiger partial charge on any atom is -0.494 e. The SMILES string of the molecule is COC[C@@H]1COc2c(OC)cccc2-c2nnc(NS(=O)(=O)C(C)C(C)c3ncc(OC)cn3)n21. The van der Waals surface area contributed by atoms with E-state index in [2.05, 4.69) is 24.9 Å². The molecule has 3 aromatic rings. The molecule has 1 aliphatic heterocycles. The Morgan fingerprint density at radius 3 is 2.54 bits per heavy atom. The summed E-state index contributed by atoms with van der Waals surface area (Å²) in [7, 11) is 0.711. The second-order valence-electron chi connectivity index (χ2n) is 8.10. The van der Waals surface area contributed by atoms with Crippen LogP contribution in [0.2, 0.25) is 0 Å². The molecule has 12 nitrogen and oxygen atoms in total. The van der Waals surface area contributed by atoms with Crippen LogP contribution in [0.25, 0.3) is 11.4 Å². The number of methoxy groups -OCH3 is 3. The molecule has 3 atom stereocenters. The third-order valence-corrected chi connectivity index (χ3v) is 7.85.